The van der Waals surface area contributed by atoms with Crippen LogP contribution >= 0.6 is 0 Å². The van der Waals surface area contributed by atoms with Crippen molar-refractivity contribution in [2.45, 2.75) is 40.2 Å². The van der Waals surface area contributed by atoms with E-state index < -0.39 is 6.04 Å². The van der Waals surface area contributed by atoms with E-state index in [0.717, 1.165) is 33.3 Å². The topological polar surface area (TPSA) is 51.1 Å². The van der Waals surface area contributed by atoms with E-state index in [9.17, 15) is 9.59 Å². The van der Waals surface area contributed by atoms with Crippen molar-refractivity contribution < 1.29 is 4.79 Å². The molecule has 4 nitrogen and oxygen atoms in total. The van der Waals surface area contributed by atoms with Gasteiger partial charge in [0.05, 0.1) is 5.52 Å². The molecule has 0 radical (unpaired) electrons. The summed E-state index contributed by atoms with van der Waals surface area (Å²) in [6.07, 6.45) is 0.532. The minimum absolute atomic E-state index is 0.143. The van der Waals surface area contributed by atoms with Gasteiger partial charge in [0.25, 0.3) is 5.56 Å². The zero-order valence-corrected chi connectivity index (χ0v) is 15.7. The molecule has 0 spiro atoms. The minimum Gasteiger partial charge on any atom is -0.324 e. The van der Waals surface area contributed by atoms with Gasteiger partial charge in [0, 0.05) is 17.1 Å². The van der Waals surface area contributed by atoms with Gasteiger partial charge in [-0.05, 0) is 50.5 Å². The summed E-state index contributed by atoms with van der Waals surface area (Å²) in [6, 6.07) is 14.7. The van der Waals surface area contributed by atoms with Crippen molar-refractivity contribution in [1.29, 1.82) is 0 Å². The monoisotopic (exact) mass is 348 g/mol. The number of carbonyl (C=O) groups excluding carboxylic acids is 1. The van der Waals surface area contributed by atoms with Crippen LogP contribution in [-0.2, 0) is 4.79 Å². The maximum Gasteiger partial charge on any atom is 0.252 e. The van der Waals surface area contributed by atoms with E-state index in [-0.39, 0.29) is 11.5 Å². The molecule has 0 fully saturated rings. The van der Waals surface area contributed by atoms with Crippen LogP contribution in [0.3, 0.4) is 0 Å². The molecule has 3 rings (SSSR count). The molecule has 1 unspecified atom stereocenters. The number of hydrogen-bond donors (Lipinski definition) is 1. The van der Waals surface area contributed by atoms with Crippen molar-refractivity contribution >= 4 is 22.5 Å². The summed E-state index contributed by atoms with van der Waals surface area (Å²) < 4.78 is 1.64. The molecule has 0 saturated carbocycles. The number of fused-ring (bicyclic) bond motifs is 1. The average molecular weight is 348 g/mol. The lowest BCUT2D eigenvalue weighted by Gasteiger charge is -2.22. The van der Waals surface area contributed by atoms with Crippen LogP contribution in [0.1, 0.15) is 36.1 Å². The fourth-order valence-electron chi connectivity index (χ4n) is 3.40. The zero-order chi connectivity index (χ0) is 18.8. The first-order valence-electron chi connectivity index (χ1n) is 8.91. The molecule has 1 N–H and O–H groups in total. The average Bonchev–Trinajstić information content (AvgIpc) is 2.60. The number of anilines is 1. The first-order valence-corrected chi connectivity index (χ1v) is 8.91. The number of para-hydroxylation sites is 1. The van der Waals surface area contributed by atoms with E-state index in [2.05, 4.69) is 5.32 Å². The second-order valence-electron chi connectivity index (χ2n) is 6.79. The van der Waals surface area contributed by atoms with Gasteiger partial charge in [-0.15, -0.1) is 0 Å². The molecular weight excluding hydrogens is 324 g/mol. The SMILES string of the molecule is CCC(C(=O)Nc1ccc(C)cc1)n1c(=O)cc(C)c2cccc(C)c21. The number of hydrogen-bond acceptors (Lipinski definition) is 2. The summed E-state index contributed by atoms with van der Waals surface area (Å²) in [6.45, 7) is 7.83. The van der Waals surface area contributed by atoms with Gasteiger partial charge in [-0.1, -0.05) is 42.8 Å². The Balaban J connectivity index is 2.09. The van der Waals surface area contributed by atoms with Crippen LogP contribution in [0.2, 0.25) is 0 Å². The van der Waals surface area contributed by atoms with Crippen LogP contribution in [0.4, 0.5) is 5.69 Å². The molecule has 0 aliphatic carbocycles. The zero-order valence-electron chi connectivity index (χ0n) is 15.7. The quantitative estimate of drug-likeness (QED) is 0.754. The third kappa shape index (κ3) is 3.27. The highest BCUT2D eigenvalue weighted by Crippen LogP contribution is 2.25. The van der Waals surface area contributed by atoms with Crippen molar-refractivity contribution in [3.63, 3.8) is 0 Å². The highest BCUT2D eigenvalue weighted by Gasteiger charge is 2.23. The van der Waals surface area contributed by atoms with Crippen molar-refractivity contribution in [3.8, 4) is 0 Å². The number of amides is 1. The van der Waals surface area contributed by atoms with Gasteiger partial charge in [0.2, 0.25) is 5.91 Å². The van der Waals surface area contributed by atoms with Gasteiger partial charge in [-0.3, -0.25) is 14.2 Å². The standard InChI is InChI=1S/C22H24N2O2/c1-5-19(22(26)23-17-11-9-14(2)10-12-17)24-20(25)13-16(4)18-8-6-7-15(3)21(18)24/h6-13,19H,5H2,1-4H3,(H,23,26). The van der Waals surface area contributed by atoms with Gasteiger partial charge in [0.15, 0.2) is 0 Å². The minimum atomic E-state index is -0.562. The predicted molar refractivity (Wildman–Crippen MR) is 107 cm³/mol. The third-order valence-electron chi connectivity index (χ3n) is 4.80. The Morgan fingerprint density at radius 1 is 1.04 bits per heavy atom. The van der Waals surface area contributed by atoms with E-state index in [0.29, 0.717) is 6.42 Å². The van der Waals surface area contributed by atoms with Crippen LogP contribution in [0.5, 0.6) is 0 Å². The molecule has 0 saturated heterocycles. The fourth-order valence-corrected chi connectivity index (χ4v) is 3.40. The number of aryl methyl sites for hydroxylation is 3. The van der Waals surface area contributed by atoms with E-state index in [1.54, 1.807) is 10.6 Å². The van der Waals surface area contributed by atoms with Gasteiger partial charge in [0.1, 0.15) is 6.04 Å². The van der Waals surface area contributed by atoms with Gasteiger partial charge in [-0.2, -0.15) is 0 Å². The van der Waals surface area contributed by atoms with Crippen molar-refractivity contribution in [2.75, 3.05) is 5.32 Å². The first-order chi connectivity index (χ1) is 12.4. The van der Waals surface area contributed by atoms with Crippen molar-refractivity contribution in [1.82, 2.24) is 4.57 Å². The van der Waals surface area contributed by atoms with Crippen LogP contribution in [0, 0.1) is 20.8 Å². The number of aromatic nitrogens is 1. The van der Waals surface area contributed by atoms with Crippen LogP contribution in [-0.4, -0.2) is 10.5 Å². The first kappa shape index (κ1) is 17.9. The third-order valence-corrected chi connectivity index (χ3v) is 4.80. The molecule has 1 aromatic heterocycles. The molecule has 1 atom stereocenters. The number of pyridine rings is 1. The highest BCUT2D eigenvalue weighted by atomic mass is 16.2. The Morgan fingerprint density at radius 2 is 1.73 bits per heavy atom. The van der Waals surface area contributed by atoms with E-state index in [1.807, 2.05) is 70.2 Å². The van der Waals surface area contributed by atoms with Gasteiger partial charge < -0.3 is 5.32 Å². The summed E-state index contributed by atoms with van der Waals surface area (Å²) in [5.41, 5.74) is 4.48. The summed E-state index contributed by atoms with van der Waals surface area (Å²) in [5.74, 6) is -0.174. The van der Waals surface area contributed by atoms with Crippen LogP contribution < -0.4 is 10.9 Å². The van der Waals surface area contributed by atoms with E-state index in [4.69, 9.17) is 0 Å². The maximum atomic E-state index is 13.0. The lowest BCUT2D eigenvalue weighted by atomic mass is 10.0. The number of benzene rings is 2. The van der Waals surface area contributed by atoms with E-state index in [1.165, 1.54) is 0 Å². The second kappa shape index (κ2) is 7.16. The molecule has 3 aromatic rings. The Bertz CT molecular complexity index is 1020. The molecule has 1 heterocycles. The number of nitrogens with one attached hydrogen (secondary N) is 1. The summed E-state index contributed by atoms with van der Waals surface area (Å²) >= 11 is 0. The Kier molecular flexibility index (Phi) is 4.94. The second-order valence-corrected chi connectivity index (χ2v) is 6.79. The van der Waals surface area contributed by atoms with Crippen molar-refractivity contribution in [3.05, 3.63) is 75.6 Å². The lowest BCUT2D eigenvalue weighted by Crippen LogP contribution is -2.33. The normalized spacial score (nSPS) is 12.2. The molecule has 0 bridgehead atoms. The molecular formula is C22H24N2O2. The summed E-state index contributed by atoms with van der Waals surface area (Å²) in [7, 11) is 0. The summed E-state index contributed by atoms with van der Waals surface area (Å²) in [4.78, 5) is 25.7. The molecule has 2 aromatic carbocycles. The van der Waals surface area contributed by atoms with Gasteiger partial charge >= 0.3 is 0 Å². The lowest BCUT2D eigenvalue weighted by molar-refractivity contribution is -0.119. The number of carbonyl (C=O) groups is 1. The van der Waals surface area contributed by atoms with Crippen molar-refractivity contribution in [2.24, 2.45) is 0 Å². The fraction of sp³-hybridized carbons (Fsp3) is 0.273. The highest BCUT2D eigenvalue weighted by molar-refractivity contribution is 5.95. The molecule has 134 valence electrons. The Labute approximate surface area is 153 Å². The maximum absolute atomic E-state index is 13.0. The van der Waals surface area contributed by atoms with E-state index >= 15 is 0 Å². The number of nitrogens with zero attached hydrogens (tertiary/aromatic N) is 1. The molecule has 26 heavy (non-hydrogen) atoms. The van der Waals surface area contributed by atoms with Crippen LogP contribution in [0.25, 0.3) is 10.9 Å². The Hall–Kier alpha value is -2.88. The number of rotatable bonds is 4. The Morgan fingerprint density at radius 3 is 2.38 bits per heavy atom. The molecule has 0 aliphatic rings. The molecule has 4 heteroatoms. The molecule has 0 aliphatic heterocycles. The van der Waals surface area contributed by atoms with Crippen LogP contribution in [0.15, 0.2) is 53.3 Å². The summed E-state index contributed by atoms with van der Waals surface area (Å²) in [5, 5.41) is 3.95. The molecule has 1 amide bonds. The largest absolute Gasteiger partial charge is 0.324 e. The van der Waals surface area contributed by atoms with Gasteiger partial charge in [-0.25, -0.2) is 0 Å². The predicted octanol–water partition coefficient (Wildman–Crippen LogP) is 4.52. The smallest absolute Gasteiger partial charge is 0.252 e.